The van der Waals surface area contributed by atoms with Crippen LogP contribution in [0.4, 0.5) is 0 Å². The Bertz CT molecular complexity index is 690. The fourth-order valence-corrected chi connectivity index (χ4v) is 2.43. The number of hydrogen-bond donors (Lipinski definition) is 2. The lowest BCUT2D eigenvalue weighted by molar-refractivity contribution is 0.298. The van der Waals surface area contributed by atoms with Crippen LogP contribution in [0.15, 0.2) is 60.7 Å². The lowest BCUT2D eigenvalue weighted by Gasteiger charge is -2.01. The van der Waals surface area contributed by atoms with E-state index < -0.39 is 0 Å². The molecule has 0 aliphatic heterocycles. The summed E-state index contributed by atoms with van der Waals surface area (Å²) >= 11 is 0. The van der Waals surface area contributed by atoms with Gasteiger partial charge in [0.1, 0.15) is 5.82 Å². The highest BCUT2D eigenvalue weighted by Gasteiger charge is 2.11. The van der Waals surface area contributed by atoms with Crippen molar-refractivity contribution >= 4 is 0 Å². The average Bonchev–Trinajstić information content (AvgIpc) is 2.93. The predicted octanol–water partition coefficient (Wildman–Crippen LogP) is 3.20. The van der Waals surface area contributed by atoms with Crippen LogP contribution in [-0.2, 0) is 12.8 Å². The van der Waals surface area contributed by atoms with Gasteiger partial charge in [-0.15, -0.1) is 0 Å². The maximum atomic E-state index is 9.24. The van der Waals surface area contributed by atoms with Gasteiger partial charge < -0.3 is 10.1 Å². The molecule has 3 heteroatoms. The van der Waals surface area contributed by atoms with Crippen LogP contribution in [0.2, 0.25) is 0 Å². The largest absolute Gasteiger partial charge is 0.396 e. The van der Waals surface area contributed by atoms with Crippen molar-refractivity contribution in [3.8, 4) is 11.4 Å². The van der Waals surface area contributed by atoms with Crippen molar-refractivity contribution in [1.82, 2.24) is 9.97 Å². The molecule has 106 valence electrons. The molecule has 0 bridgehead atoms. The van der Waals surface area contributed by atoms with Gasteiger partial charge in [-0.3, -0.25) is 0 Å². The summed E-state index contributed by atoms with van der Waals surface area (Å²) in [4.78, 5) is 8.08. The lowest BCUT2D eigenvalue weighted by atomic mass is 10.1. The Balaban J connectivity index is 1.93. The molecule has 0 unspecified atom stereocenters. The number of nitrogens with one attached hydrogen (secondary N) is 1. The zero-order chi connectivity index (χ0) is 14.5. The molecule has 0 atom stereocenters. The molecular formula is C18H18N2O. The number of aromatic amines is 1. The van der Waals surface area contributed by atoms with E-state index in [0.29, 0.717) is 6.42 Å². The maximum absolute atomic E-state index is 9.24. The van der Waals surface area contributed by atoms with Crippen LogP contribution in [0.25, 0.3) is 11.4 Å². The van der Waals surface area contributed by atoms with Crippen molar-refractivity contribution in [3.05, 3.63) is 77.6 Å². The van der Waals surface area contributed by atoms with Crippen LogP contribution in [0.5, 0.6) is 0 Å². The Kier molecular flexibility index (Phi) is 4.12. The van der Waals surface area contributed by atoms with Crippen molar-refractivity contribution in [2.45, 2.75) is 12.8 Å². The van der Waals surface area contributed by atoms with E-state index in [-0.39, 0.29) is 6.61 Å². The molecule has 0 aliphatic carbocycles. The van der Waals surface area contributed by atoms with Crippen LogP contribution < -0.4 is 0 Å². The van der Waals surface area contributed by atoms with E-state index in [1.54, 1.807) is 0 Å². The molecule has 2 N–H and O–H groups in total. The number of aliphatic hydroxyl groups excluding tert-OH is 1. The molecule has 0 spiro atoms. The van der Waals surface area contributed by atoms with E-state index in [9.17, 15) is 5.11 Å². The average molecular weight is 278 g/mol. The molecule has 21 heavy (non-hydrogen) atoms. The van der Waals surface area contributed by atoms with Gasteiger partial charge in [0, 0.05) is 30.7 Å². The second kappa shape index (κ2) is 6.37. The number of H-pyrrole nitrogens is 1. The number of hydrogen-bond acceptors (Lipinski definition) is 2. The first-order chi connectivity index (χ1) is 10.4. The molecule has 3 rings (SSSR count). The van der Waals surface area contributed by atoms with Gasteiger partial charge >= 0.3 is 0 Å². The van der Waals surface area contributed by atoms with E-state index in [1.165, 1.54) is 5.56 Å². The highest BCUT2D eigenvalue weighted by molar-refractivity contribution is 5.56. The monoisotopic (exact) mass is 278 g/mol. The number of aliphatic hydroxyl groups is 1. The number of benzene rings is 2. The molecule has 1 heterocycles. The van der Waals surface area contributed by atoms with E-state index in [0.717, 1.165) is 29.2 Å². The summed E-state index contributed by atoms with van der Waals surface area (Å²) in [5.74, 6) is 0.866. The van der Waals surface area contributed by atoms with Gasteiger partial charge in [0.05, 0.1) is 5.69 Å². The molecule has 0 aliphatic rings. The quantitative estimate of drug-likeness (QED) is 0.753. The molecule has 0 radical (unpaired) electrons. The third kappa shape index (κ3) is 3.20. The fraction of sp³-hybridized carbons (Fsp3) is 0.167. The summed E-state index contributed by atoms with van der Waals surface area (Å²) in [6.07, 6.45) is 1.38. The molecule has 0 saturated heterocycles. The summed E-state index contributed by atoms with van der Waals surface area (Å²) in [6.45, 7) is 0.123. The smallest absolute Gasteiger partial charge is 0.137 e. The first kappa shape index (κ1) is 13.6. The highest BCUT2D eigenvalue weighted by atomic mass is 16.3. The van der Waals surface area contributed by atoms with Crippen LogP contribution >= 0.6 is 0 Å². The van der Waals surface area contributed by atoms with Crippen molar-refractivity contribution in [2.75, 3.05) is 6.61 Å². The summed E-state index contributed by atoms with van der Waals surface area (Å²) in [7, 11) is 0. The minimum absolute atomic E-state index is 0.123. The van der Waals surface area contributed by atoms with Crippen molar-refractivity contribution in [3.63, 3.8) is 0 Å². The van der Waals surface area contributed by atoms with Crippen LogP contribution in [0.1, 0.15) is 17.0 Å². The molecule has 0 amide bonds. The maximum Gasteiger partial charge on any atom is 0.137 e. The third-order valence-corrected chi connectivity index (χ3v) is 3.49. The van der Waals surface area contributed by atoms with Gasteiger partial charge in [0.2, 0.25) is 0 Å². The number of nitrogens with zero attached hydrogens (tertiary/aromatic N) is 1. The van der Waals surface area contributed by atoms with Crippen molar-refractivity contribution < 1.29 is 5.11 Å². The topological polar surface area (TPSA) is 48.9 Å². The first-order valence-electron chi connectivity index (χ1n) is 7.15. The second-order valence-corrected chi connectivity index (χ2v) is 5.01. The van der Waals surface area contributed by atoms with E-state index in [2.05, 4.69) is 17.1 Å². The number of rotatable bonds is 5. The Morgan fingerprint density at radius 2 is 1.57 bits per heavy atom. The minimum Gasteiger partial charge on any atom is -0.396 e. The van der Waals surface area contributed by atoms with Crippen molar-refractivity contribution in [2.24, 2.45) is 0 Å². The van der Waals surface area contributed by atoms with E-state index >= 15 is 0 Å². The Labute approximate surface area is 124 Å². The van der Waals surface area contributed by atoms with Gasteiger partial charge in [-0.25, -0.2) is 4.98 Å². The number of aromatic nitrogens is 2. The number of imidazole rings is 1. The standard InChI is InChI=1S/C18H18N2O/c21-12-11-16-17(13-14-7-3-1-4-8-14)20-18(19-16)15-9-5-2-6-10-15/h1-10,21H,11-13H2,(H,19,20). The Morgan fingerprint density at radius 1 is 0.905 bits per heavy atom. The zero-order valence-electron chi connectivity index (χ0n) is 11.8. The normalized spacial score (nSPS) is 10.7. The third-order valence-electron chi connectivity index (χ3n) is 3.49. The van der Waals surface area contributed by atoms with Crippen molar-refractivity contribution in [1.29, 1.82) is 0 Å². The van der Waals surface area contributed by atoms with E-state index in [4.69, 9.17) is 4.98 Å². The molecular weight excluding hydrogens is 260 g/mol. The van der Waals surface area contributed by atoms with Gasteiger partial charge in [0.25, 0.3) is 0 Å². The molecule has 3 nitrogen and oxygen atoms in total. The Morgan fingerprint density at radius 3 is 2.24 bits per heavy atom. The predicted molar refractivity (Wildman–Crippen MR) is 84.1 cm³/mol. The first-order valence-corrected chi connectivity index (χ1v) is 7.15. The summed E-state index contributed by atoms with van der Waals surface area (Å²) < 4.78 is 0. The highest BCUT2D eigenvalue weighted by Crippen LogP contribution is 2.20. The summed E-state index contributed by atoms with van der Waals surface area (Å²) in [5, 5.41) is 9.24. The molecule has 2 aromatic carbocycles. The van der Waals surface area contributed by atoms with Crippen LogP contribution in [-0.4, -0.2) is 21.7 Å². The van der Waals surface area contributed by atoms with Gasteiger partial charge in [-0.05, 0) is 5.56 Å². The summed E-state index contributed by atoms with van der Waals surface area (Å²) in [6, 6.07) is 20.3. The lowest BCUT2D eigenvalue weighted by Crippen LogP contribution is -1.98. The summed E-state index contributed by atoms with van der Waals surface area (Å²) in [5.41, 5.74) is 4.31. The van der Waals surface area contributed by atoms with E-state index in [1.807, 2.05) is 48.5 Å². The minimum atomic E-state index is 0.123. The zero-order valence-corrected chi connectivity index (χ0v) is 11.8. The fourth-order valence-electron chi connectivity index (χ4n) is 2.43. The van der Waals surface area contributed by atoms with Crippen LogP contribution in [0.3, 0.4) is 0 Å². The molecule has 3 aromatic rings. The van der Waals surface area contributed by atoms with Gasteiger partial charge in [-0.2, -0.15) is 0 Å². The molecule has 0 fully saturated rings. The van der Waals surface area contributed by atoms with Gasteiger partial charge in [-0.1, -0.05) is 60.7 Å². The molecule has 1 aromatic heterocycles. The second-order valence-electron chi connectivity index (χ2n) is 5.01. The SMILES string of the molecule is OCCc1[nH]c(-c2ccccc2)nc1Cc1ccccc1. The Hall–Kier alpha value is -2.39. The van der Waals surface area contributed by atoms with Crippen LogP contribution in [0, 0.1) is 0 Å². The van der Waals surface area contributed by atoms with Gasteiger partial charge in [0.15, 0.2) is 0 Å². The molecule has 0 saturated carbocycles.